The lowest BCUT2D eigenvalue weighted by molar-refractivity contribution is 0.0920. The first-order valence-electron chi connectivity index (χ1n) is 8.88. The maximum atomic E-state index is 12.2. The number of benzene rings is 1. The molecule has 0 spiro atoms. The van der Waals surface area contributed by atoms with Crippen molar-refractivity contribution in [2.24, 2.45) is 0 Å². The van der Waals surface area contributed by atoms with Gasteiger partial charge in [-0.05, 0) is 49.7 Å². The van der Waals surface area contributed by atoms with Gasteiger partial charge in [0.2, 0.25) is 0 Å². The van der Waals surface area contributed by atoms with Gasteiger partial charge in [-0.1, -0.05) is 11.6 Å². The fourth-order valence-electron chi connectivity index (χ4n) is 2.54. The summed E-state index contributed by atoms with van der Waals surface area (Å²) in [7, 11) is 1.61. The topological polar surface area (TPSA) is 78.5 Å². The molecule has 2 aromatic heterocycles. The number of amides is 1. The summed E-state index contributed by atoms with van der Waals surface area (Å²) in [6.45, 7) is 3.27. The first-order valence-corrected chi connectivity index (χ1v) is 9.26. The van der Waals surface area contributed by atoms with Crippen molar-refractivity contribution in [1.29, 1.82) is 0 Å². The van der Waals surface area contributed by atoms with Crippen molar-refractivity contribution in [3.05, 3.63) is 64.8 Å². The third-order valence-corrected chi connectivity index (χ3v) is 4.43. The first-order chi connectivity index (χ1) is 13.5. The Bertz CT molecular complexity index is 898. The SMILES string of the molecule is COc1ccc(OCc2ccc(C(=O)NCCCn3cc(Cl)c(C)n3)o2)cc1. The van der Waals surface area contributed by atoms with Crippen molar-refractivity contribution >= 4 is 17.5 Å². The second-order valence-electron chi connectivity index (χ2n) is 6.17. The summed E-state index contributed by atoms with van der Waals surface area (Å²) in [5.74, 6) is 2.02. The largest absolute Gasteiger partial charge is 0.497 e. The molecular formula is C20H22ClN3O4. The monoisotopic (exact) mass is 403 g/mol. The van der Waals surface area contributed by atoms with E-state index in [4.69, 9.17) is 25.5 Å². The van der Waals surface area contributed by atoms with Crippen molar-refractivity contribution < 1.29 is 18.7 Å². The van der Waals surface area contributed by atoms with E-state index in [1.165, 1.54) is 0 Å². The molecule has 3 aromatic rings. The number of nitrogens with one attached hydrogen (secondary N) is 1. The van der Waals surface area contributed by atoms with E-state index in [-0.39, 0.29) is 18.3 Å². The van der Waals surface area contributed by atoms with E-state index in [0.717, 1.165) is 17.9 Å². The van der Waals surface area contributed by atoms with Crippen molar-refractivity contribution in [3.8, 4) is 11.5 Å². The van der Waals surface area contributed by atoms with E-state index in [1.54, 1.807) is 30.1 Å². The number of aromatic nitrogens is 2. The molecule has 1 amide bonds. The highest BCUT2D eigenvalue weighted by molar-refractivity contribution is 6.31. The summed E-state index contributed by atoms with van der Waals surface area (Å²) in [5, 5.41) is 7.75. The number of aryl methyl sites for hydroxylation is 2. The summed E-state index contributed by atoms with van der Waals surface area (Å²) in [5.41, 5.74) is 0.797. The van der Waals surface area contributed by atoms with Crippen LogP contribution in [0.25, 0.3) is 0 Å². The lowest BCUT2D eigenvalue weighted by Gasteiger charge is -2.05. The Balaban J connectivity index is 1.41. The maximum absolute atomic E-state index is 12.2. The van der Waals surface area contributed by atoms with Crippen LogP contribution in [0.1, 0.15) is 28.4 Å². The summed E-state index contributed by atoms with van der Waals surface area (Å²) >= 11 is 5.97. The lowest BCUT2D eigenvalue weighted by atomic mass is 10.3. The number of hydrogen-bond donors (Lipinski definition) is 1. The molecule has 8 heteroatoms. The number of halogens is 1. The fourth-order valence-corrected chi connectivity index (χ4v) is 2.69. The maximum Gasteiger partial charge on any atom is 0.286 e. The van der Waals surface area contributed by atoms with Crippen LogP contribution in [0.4, 0.5) is 0 Å². The molecule has 7 nitrogen and oxygen atoms in total. The summed E-state index contributed by atoms with van der Waals surface area (Å²) < 4.78 is 18.1. The second-order valence-corrected chi connectivity index (χ2v) is 6.57. The molecule has 0 saturated carbocycles. The van der Waals surface area contributed by atoms with Crippen molar-refractivity contribution in [2.45, 2.75) is 26.5 Å². The van der Waals surface area contributed by atoms with Crippen LogP contribution in [-0.4, -0.2) is 29.3 Å². The standard InChI is InChI=1S/C20H22ClN3O4/c1-14-18(21)12-24(23-14)11-3-10-22-20(25)19-9-8-17(28-19)13-27-16-6-4-15(26-2)5-7-16/h4-9,12H,3,10-11,13H2,1-2H3,(H,22,25). The highest BCUT2D eigenvalue weighted by Gasteiger charge is 2.11. The van der Waals surface area contributed by atoms with E-state index in [0.29, 0.717) is 29.6 Å². The summed E-state index contributed by atoms with van der Waals surface area (Å²) in [4.78, 5) is 12.2. The molecule has 1 N–H and O–H groups in total. The van der Waals surface area contributed by atoms with Gasteiger partial charge in [0.15, 0.2) is 5.76 Å². The zero-order chi connectivity index (χ0) is 19.9. The lowest BCUT2D eigenvalue weighted by Crippen LogP contribution is -2.24. The van der Waals surface area contributed by atoms with Crippen LogP contribution in [0.5, 0.6) is 11.5 Å². The predicted octanol–water partition coefficient (Wildman–Crippen LogP) is 3.85. The van der Waals surface area contributed by atoms with Gasteiger partial charge in [-0.3, -0.25) is 9.48 Å². The van der Waals surface area contributed by atoms with Crippen LogP contribution in [0, 0.1) is 6.92 Å². The summed E-state index contributed by atoms with van der Waals surface area (Å²) in [6.07, 6.45) is 2.51. The zero-order valence-electron chi connectivity index (χ0n) is 15.8. The molecule has 0 aliphatic rings. The first kappa shape index (κ1) is 19.8. The van der Waals surface area contributed by atoms with Crippen molar-refractivity contribution in [1.82, 2.24) is 15.1 Å². The van der Waals surface area contributed by atoms with E-state index in [9.17, 15) is 4.79 Å². The smallest absolute Gasteiger partial charge is 0.286 e. The Morgan fingerprint density at radius 3 is 2.64 bits per heavy atom. The van der Waals surface area contributed by atoms with Gasteiger partial charge >= 0.3 is 0 Å². The Kier molecular flexibility index (Phi) is 6.60. The van der Waals surface area contributed by atoms with Crippen LogP contribution in [-0.2, 0) is 13.2 Å². The predicted molar refractivity (Wildman–Crippen MR) is 105 cm³/mol. The Labute approximate surface area is 168 Å². The van der Waals surface area contributed by atoms with Gasteiger partial charge in [0.1, 0.15) is 23.9 Å². The molecular weight excluding hydrogens is 382 g/mol. The van der Waals surface area contributed by atoms with Gasteiger partial charge in [0.25, 0.3) is 5.91 Å². The normalized spacial score (nSPS) is 10.7. The molecule has 0 radical (unpaired) electrons. The van der Waals surface area contributed by atoms with Crippen LogP contribution in [0.15, 0.2) is 47.0 Å². The number of methoxy groups -OCH3 is 1. The number of nitrogens with zero attached hydrogens (tertiary/aromatic N) is 2. The average molecular weight is 404 g/mol. The van der Waals surface area contributed by atoms with Crippen molar-refractivity contribution in [3.63, 3.8) is 0 Å². The molecule has 0 saturated heterocycles. The fraction of sp³-hybridized carbons (Fsp3) is 0.300. The van der Waals surface area contributed by atoms with Crippen LogP contribution >= 0.6 is 11.6 Å². The average Bonchev–Trinajstić information content (AvgIpc) is 3.30. The minimum atomic E-state index is -0.259. The highest BCUT2D eigenvalue weighted by Crippen LogP contribution is 2.19. The Morgan fingerprint density at radius 2 is 1.96 bits per heavy atom. The zero-order valence-corrected chi connectivity index (χ0v) is 16.5. The number of carbonyl (C=O) groups is 1. The quantitative estimate of drug-likeness (QED) is 0.549. The molecule has 0 aliphatic carbocycles. The molecule has 1 aromatic carbocycles. The van der Waals surface area contributed by atoms with Gasteiger partial charge in [0.05, 0.1) is 17.8 Å². The number of hydrogen-bond acceptors (Lipinski definition) is 5. The second kappa shape index (κ2) is 9.32. The number of carbonyl (C=O) groups excluding carboxylic acids is 1. The minimum absolute atomic E-state index is 0.235. The van der Waals surface area contributed by atoms with E-state index in [2.05, 4.69) is 10.4 Å². The van der Waals surface area contributed by atoms with Crippen LogP contribution in [0.2, 0.25) is 5.02 Å². The molecule has 28 heavy (non-hydrogen) atoms. The van der Waals surface area contributed by atoms with E-state index < -0.39 is 0 Å². The molecule has 2 heterocycles. The molecule has 0 unspecified atom stereocenters. The van der Waals surface area contributed by atoms with Gasteiger partial charge in [-0.15, -0.1) is 0 Å². The Morgan fingerprint density at radius 1 is 1.21 bits per heavy atom. The number of ether oxygens (including phenoxy) is 2. The van der Waals surface area contributed by atoms with Crippen molar-refractivity contribution in [2.75, 3.05) is 13.7 Å². The molecule has 0 aliphatic heterocycles. The number of rotatable bonds is 9. The molecule has 0 atom stereocenters. The molecule has 0 bridgehead atoms. The highest BCUT2D eigenvalue weighted by atomic mass is 35.5. The third-order valence-electron chi connectivity index (χ3n) is 4.06. The molecule has 0 fully saturated rings. The van der Waals surface area contributed by atoms with E-state index >= 15 is 0 Å². The van der Waals surface area contributed by atoms with Crippen LogP contribution < -0.4 is 14.8 Å². The molecule has 3 rings (SSSR count). The summed E-state index contributed by atoms with van der Waals surface area (Å²) in [6, 6.07) is 10.6. The van der Waals surface area contributed by atoms with E-state index in [1.807, 2.05) is 31.2 Å². The van der Waals surface area contributed by atoms with Gasteiger partial charge in [-0.25, -0.2) is 0 Å². The van der Waals surface area contributed by atoms with Crippen LogP contribution in [0.3, 0.4) is 0 Å². The number of furan rings is 1. The van der Waals surface area contributed by atoms with Gasteiger partial charge < -0.3 is 19.2 Å². The third kappa shape index (κ3) is 5.29. The molecule has 148 valence electrons. The van der Waals surface area contributed by atoms with Gasteiger partial charge in [0, 0.05) is 19.3 Å². The Hall–Kier alpha value is -2.93. The van der Waals surface area contributed by atoms with Gasteiger partial charge in [-0.2, -0.15) is 5.10 Å². The minimum Gasteiger partial charge on any atom is -0.497 e.